The average molecular weight is 396 g/mol. The van der Waals surface area contributed by atoms with Gasteiger partial charge in [0.05, 0.1) is 38.3 Å². The summed E-state index contributed by atoms with van der Waals surface area (Å²) >= 11 is 5.99. The van der Waals surface area contributed by atoms with E-state index in [0.717, 1.165) is 6.08 Å². The molecule has 1 aliphatic rings. The molecule has 27 heavy (non-hydrogen) atoms. The summed E-state index contributed by atoms with van der Waals surface area (Å²) in [5, 5.41) is 0.411. The lowest BCUT2D eigenvalue weighted by Gasteiger charge is -2.26. The molecule has 0 saturated carbocycles. The van der Waals surface area contributed by atoms with E-state index in [-0.39, 0.29) is 10.5 Å². The number of hydrogen-bond donors (Lipinski definition) is 0. The van der Waals surface area contributed by atoms with Gasteiger partial charge in [0, 0.05) is 24.1 Å². The number of rotatable bonds is 5. The fourth-order valence-electron chi connectivity index (χ4n) is 2.46. The maximum atomic E-state index is 13.4. The number of carbonyl (C=O) groups is 1. The highest BCUT2D eigenvalue weighted by Gasteiger charge is 2.17. The lowest BCUT2D eigenvalue weighted by Crippen LogP contribution is -2.39. The first kappa shape index (κ1) is 11.4. The summed E-state index contributed by atoms with van der Waals surface area (Å²) in [5.74, 6) is -0.599. The zero-order valence-electron chi connectivity index (χ0n) is 22.6. The summed E-state index contributed by atoms with van der Waals surface area (Å²) < 4.78 is 78.8. The molecule has 1 amide bonds. The molecule has 0 aromatic heterocycles. The van der Waals surface area contributed by atoms with Gasteiger partial charge in [0.1, 0.15) is 0 Å². The van der Waals surface area contributed by atoms with Crippen molar-refractivity contribution in [3.63, 3.8) is 0 Å². The van der Waals surface area contributed by atoms with Crippen LogP contribution in [-0.4, -0.2) is 51.1 Å². The van der Waals surface area contributed by atoms with E-state index >= 15 is 0 Å². The van der Waals surface area contributed by atoms with Gasteiger partial charge in [0.2, 0.25) is 5.91 Å². The molecule has 1 fully saturated rings. The summed E-state index contributed by atoms with van der Waals surface area (Å²) in [5.41, 5.74) is 1.03. The Morgan fingerprint density at radius 1 is 1.07 bits per heavy atom. The topological polar surface area (TPSA) is 48.0 Å². The van der Waals surface area contributed by atoms with Gasteiger partial charge in [-0.2, -0.15) is 0 Å². The molecular weight excluding hydrogens is 366 g/mol. The molecule has 5 nitrogen and oxygen atoms in total. The van der Waals surface area contributed by atoms with Crippen LogP contribution in [-0.2, 0) is 9.53 Å². The number of amides is 1. The maximum absolute atomic E-state index is 13.4. The Morgan fingerprint density at radius 3 is 2.33 bits per heavy atom. The third-order valence-electron chi connectivity index (χ3n) is 3.75. The second-order valence-corrected chi connectivity index (χ2v) is 5.77. The van der Waals surface area contributed by atoms with Gasteiger partial charge < -0.3 is 19.1 Å². The highest BCUT2D eigenvalue weighted by molar-refractivity contribution is 6.30. The van der Waals surface area contributed by atoms with Crippen LogP contribution in [0.5, 0.6) is 11.5 Å². The van der Waals surface area contributed by atoms with Crippen LogP contribution in [0, 0.1) is 0 Å². The Morgan fingerprint density at radius 2 is 1.70 bits per heavy atom. The predicted molar refractivity (Wildman–Crippen MR) is 105 cm³/mol. The highest BCUT2D eigenvalue weighted by Crippen LogP contribution is 2.33. The van der Waals surface area contributed by atoms with Crippen LogP contribution in [0.3, 0.4) is 0 Å². The second kappa shape index (κ2) is 8.93. The lowest BCUT2D eigenvalue weighted by atomic mass is 9.96. The summed E-state index contributed by atoms with van der Waals surface area (Å²) in [4.78, 5) is 13.3. The molecule has 0 unspecified atom stereocenters. The van der Waals surface area contributed by atoms with Gasteiger partial charge in [0.15, 0.2) is 11.5 Å². The standard InChI is InChI=1S/C21H22ClNO4/c1-25-19-8-5-16(13-20(19)26-2)18(15-3-6-17(22)7-4-15)14-21(24)23-9-11-27-12-10-23/h3-8,13-14H,9-12H2,1-2H3/b18-14-/i9D2,10D2,11D2,12D2. The van der Waals surface area contributed by atoms with E-state index in [1.54, 1.807) is 42.5 Å². The minimum atomic E-state index is -3.36. The van der Waals surface area contributed by atoms with Crippen LogP contribution in [0.4, 0.5) is 0 Å². The smallest absolute Gasteiger partial charge is 0.247 e. The first-order chi connectivity index (χ1) is 16.1. The average Bonchev–Trinajstić information content (AvgIpc) is 2.75. The summed E-state index contributed by atoms with van der Waals surface area (Å²) in [6.07, 6.45) is 0.900. The van der Waals surface area contributed by atoms with Crippen molar-refractivity contribution in [3.05, 3.63) is 64.7 Å². The first-order valence-electron chi connectivity index (χ1n) is 11.8. The molecule has 0 N–H and O–H groups in total. The van der Waals surface area contributed by atoms with Crippen molar-refractivity contribution >= 4 is 23.1 Å². The van der Waals surface area contributed by atoms with Gasteiger partial charge in [0.25, 0.3) is 0 Å². The first-order valence-corrected chi connectivity index (χ1v) is 8.21. The normalized spacial score (nSPS) is 26.6. The molecular formula is C21H22ClNO4. The van der Waals surface area contributed by atoms with Crippen molar-refractivity contribution < 1.29 is 30.0 Å². The van der Waals surface area contributed by atoms with Crippen LogP contribution in [0.15, 0.2) is 48.5 Å². The molecule has 3 rings (SSSR count). The third-order valence-corrected chi connectivity index (χ3v) is 4.01. The summed E-state index contributed by atoms with van der Waals surface area (Å²) in [6, 6.07) is 11.0. The second-order valence-electron chi connectivity index (χ2n) is 5.34. The molecule has 1 heterocycles. The highest BCUT2D eigenvalue weighted by atomic mass is 35.5. The van der Waals surface area contributed by atoms with Crippen molar-refractivity contribution in [1.29, 1.82) is 0 Å². The van der Waals surface area contributed by atoms with E-state index in [9.17, 15) is 4.79 Å². The van der Waals surface area contributed by atoms with Crippen molar-refractivity contribution in [2.75, 3.05) is 40.3 Å². The molecule has 0 spiro atoms. The van der Waals surface area contributed by atoms with Gasteiger partial charge in [-0.3, -0.25) is 4.79 Å². The molecule has 1 aliphatic heterocycles. The van der Waals surface area contributed by atoms with Crippen molar-refractivity contribution in [2.45, 2.75) is 0 Å². The molecule has 2 aromatic rings. The number of halogens is 1. The molecule has 0 atom stereocenters. The Hall–Kier alpha value is -2.50. The van der Waals surface area contributed by atoms with Crippen LogP contribution in [0.2, 0.25) is 5.02 Å². The zero-order valence-corrected chi connectivity index (χ0v) is 15.3. The monoisotopic (exact) mass is 395 g/mol. The number of methoxy groups -OCH3 is 2. The number of benzene rings is 2. The van der Waals surface area contributed by atoms with Crippen LogP contribution in [0.1, 0.15) is 22.1 Å². The number of ether oxygens (including phenoxy) is 3. The predicted octanol–water partition coefficient (Wildman–Crippen LogP) is 3.65. The molecule has 0 bridgehead atoms. The minimum absolute atomic E-state index is 0.111. The van der Waals surface area contributed by atoms with Crippen LogP contribution < -0.4 is 9.47 Å². The molecule has 1 saturated heterocycles. The van der Waals surface area contributed by atoms with E-state index in [4.69, 9.17) is 32.0 Å². The number of hydrogen-bond acceptors (Lipinski definition) is 4. The molecule has 2 aromatic carbocycles. The third kappa shape index (κ3) is 4.62. The Kier molecular flexibility index (Phi) is 3.76. The van der Waals surface area contributed by atoms with Crippen molar-refractivity contribution in [2.24, 2.45) is 0 Å². The quantitative estimate of drug-likeness (QED) is 0.725. The fraction of sp³-hybridized carbons (Fsp3) is 0.286. The van der Waals surface area contributed by atoms with Gasteiger partial charge in [-0.05, 0) is 41.0 Å². The molecule has 142 valence electrons. The largest absolute Gasteiger partial charge is 0.493 e. The lowest BCUT2D eigenvalue weighted by molar-refractivity contribution is -0.129. The van der Waals surface area contributed by atoms with Crippen molar-refractivity contribution in [3.8, 4) is 11.5 Å². The Balaban J connectivity index is 2.23. The zero-order chi connectivity index (χ0) is 26.4. The van der Waals surface area contributed by atoms with E-state index in [2.05, 4.69) is 4.74 Å². The van der Waals surface area contributed by atoms with Crippen molar-refractivity contribution in [1.82, 2.24) is 4.90 Å². The van der Waals surface area contributed by atoms with Crippen LogP contribution >= 0.6 is 11.6 Å². The number of carbonyl (C=O) groups excluding carboxylic acids is 1. The van der Waals surface area contributed by atoms with Gasteiger partial charge in [-0.15, -0.1) is 0 Å². The Labute approximate surface area is 175 Å². The van der Waals surface area contributed by atoms with Crippen LogP contribution in [0.25, 0.3) is 5.57 Å². The molecule has 0 aliphatic carbocycles. The van der Waals surface area contributed by atoms with E-state index < -0.39 is 32.0 Å². The number of nitrogens with zero attached hydrogens (tertiary/aromatic N) is 1. The van der Waals surface area contributed by atoms with Gasteiger partial charge >= 0.3 is 0 Å². The van der Waals surface area contributed by atoms with Gasteiger partial charge in [-0.25, -0.2) is 0 Å². The SMILES string of the molecule is [2H]C1([2H])OC([2H])([2H])C([2H])([2H])N(C(=O)/C=C(/c2ccc(Cl)cc2)c2ccc(OC)c(OC)c2)C1([2H])[2H]. The van der Waals surface area contributed by atoms with Gasteiger partial charge in [-0.1, -0.05) is 29.8 Å². The minimum Gasteiger partial charge on any atom is -0.493 e. The molecule has 6 heteroatoms. The summed E-state index contributed by atoms with van der Waals surface area (Å²) in [6.45, 7) is -13.4. The fourth-order valence-corrected chi connectivity index (χ4v) is 2.58. The number of morpholine rings is 1. The summed E-state index contributed by atoms with van der Waals surface area (Å²) in [7, 11) is 2.86. The Bertz CT molecular complexity index is 1130. The molecule has 0 radical (unpaired) electrons. The van der Waals surface area contributed by atoms with E-state index in [1.807, 2.05) is 0 Å². The van der Waals surface area contributed by atoms with E-state index in [1.165, 1.54) is 14.2 Å². The van der Waals surface area contributed by atoms with E-state index in [0.29, 0.717) is 27.6 Å². The maximum Gasteiger partial charge on any atom is 0.247 e.